The van der Waals surface area contributed by atoms with Gasteiger partial charge >= 0.3 is 0 Å². The maximum absolute atomic E-state index is 11.4. The molecule has 0 bridgehead atoms. The Hall–Kier alpha value is -1.17. The van der Waals surface area contributed by atoms with Crippen LogP contribution in [0.4, 0.5) is 0 Å². The van der Waals surface area contributed by atoms with Crippen LogP contribution in [0.3, 0.4) is 0 Å². The van der Waals surface area contributed by atoms with Crippen LogP contribution in [0.2, 0.25) is 18.1 Å². The minimum atomic E-state index is -1.76. The fourth-order valence-electron chi connectivity index (χ4n) is 3.29. The lowest BCUT2D eigenvalue weighted by molar-refractivity contribution is -0.114. The first-order chi connectivity index (χ1) is 12.4. The summed E-state index contributed by atoms with van der Waals surface area (Å²) in [5.74, 6) is 0.895. The van der Waals surface area contributed by atoms with Gasteiger partial charge in [0.15, 0.2) is 8.32 Å². The summed E-state index contributed by atoms with van der Waals surface area (Å²) in [6.45, 7) is 11.9. The van der Waals surface area contributed by atoms with Crippen molar-refractivity contribution in [3.05, 3.63) is 29.8 Å². The van der Waals surface area contributed by atoms with E-state index in [2.05, 4.69) is 27.7 Å². The van der Waals surface area contributed by atoms with Crippen LogP contribution in [-0.4, -0.2) is 34.4 Å². The third-order valence-electron chi connectivity index (χ3n) is 5.42. The lowest BCUT2D eigenvalue weighted by Crippen LogP contribution is -2.45. The van der Waals surface area contributed by atoms with Crippen molar-refractivity contribution >= 4 is 14.6 Å². The first-order valence-corrected chi connectivity index (χ1v) is 12.3. The summed E-state index contributed by atoms with van der Waals surface area (Å²) in [6.07, 6.45) is 0.944. The highest BCUT2D eigenvalue weighted by Crippen LogP contribution is 2.29. The Bertz CT molecular complexity index is 505. The van der Waals surface area contributed by atoms with Gasteiger partial charge in [-0.05, 0) is 35.8 Å². The number of aldehydes is 1. The van der Waals surface area contributed by atoms with E-state index >= 15 is 0 Å². The Morgan fingerprint density at radius 3 is 2.08 bits per heavy atom. The minimum absolute atomic E-state index is 0.0742. The van der Waals surface area contributed by atoms with Crippen molar-refractivity contribution in [3.8, 4) is 5.75 Å². The lowest BCUT2D eigenvalue weighted by atomic mass is 9.95. The van der Waals surface area contributed by atoms with Crippen LogP contribution in [0.1, 0.15) is 40.2 Å². The molecule has 26 heavy (non-hydrogen) atoms. The van der Waals surface area contributed by atoms with Gasteiger partial charge in [0.05, 0.1) is 26.4 Å². The van der Waals surface area contributed by atoms with Crippen molar-refractivity contribution in [1.29, 1.82) is 0 Å². The van der Waals surface area contributed by atoms with Crippen LogP contribution in [0.5, 0.6) is 5.75 Å². The molecule has 0 N–H and O–H groups in total. The maximum atomic E-state index is 11.4. The first-order valence-electron chi connectivity index (χ1n) is 9.79. The Kier molecular flexibility index (Phi) is 10.1. The molecule has 0 saturated carbocycles. The highest BCUT2D eigenvalue weighted by Gasteiger charge is 2.36. The topological polar surface area (TPSA) is 44.8 Å². The standard InChI is InChI=1S/C21H36O4Si/c1-7-26(8-2,9-3)25-21(17(4)14-22)18(5)15-24-16-19-10-12-20(23-6)13-11-19/h10-14,17-18,21H,7-9,15-16H2,1-6H3/t17-,18-,21+/m0/s1. The Balaban J connectivity index is 2.67. The van der Waals surface area contributed by atoms with Crippen molar-refractivity contribution in [3.63, 3.8) is 0 Å². The van der Waals surface area contributed by atoms with E-state index in [9.17, 15) is 4.79 Å². The molecule has 0 spiro atoms. The molecule has 0 radical (unpaired) electrons. The summed E-state index contributed by atoms with van der Waals surface area (Å²) in [5, 5.41) is 0. The van der Waals surface area contributed by atoms with Crippen LogP contribution < -0.4 is 4.74 Å². The molecule has 1 rings (SSSR count). The molecule has 3 atom stereocenters. The summed E-state index contributed by atoms with van der Waals surface area (Å²) < 4.78 is 17.7. The second-order valence-corrected chi connectivity index (χ2v) is 11.9. The minimum Gasteiger partial charge on any atom is -0.497 e. The molecule has 0 aliphatic carbocycles. The fourth-order valence-corrected chi connectivity index (χ4v) is 6.31. The summed E-state index contributed by atoms with van der Waals surface area (Å²) in [7, 11) is -0.104. The smallest absolute Gasteiger partial charge is 0.192 e. The molecule has 1 aromatic rings. The van der Waals surface area contributed by atoms with E-state index in [-0.39, 0.29) is 17.9 Å². The molecule has 0 aromatic heterocycles. The SMILES string of the molecule is CC[Si](CC)(CC)O[C@H]([C@@H](C)C=O)[C@@H](C)COCc1ccc(OC)cc1. The van der Waals surface area contributed by atoms with Crippen molar-refractivity contribution in [1.82, 2.24) is 0 Å². The van der Waals surface area contributed by atoms with E-state index in [1.54, 1.807) is 7.11 Å². The van der Waals surface area contributed by atoms with E-state index < -0.39 is 8.32 Å². The Morgan fingerprint density at radius 1 is 1.04 bits per heavy atom. The number of ether oxygens (including phenoxy) is 2. The molecule has 0 unspecified atom stereocenters. The third kappa shape index (κ3) is 6.52. The van der Waals surface area contributed by atoms with Gasteiger partial charge in [0.25, 0.3) is 0 Å². The van der Waals surface area contributed by atoms with Crippen molar-refractivity contribution in [2.75, 3.05) is 13.7 Å². The van der Waals surface area contributed by atoms with Gasteiger partial charge in [-0.3, -0.25) is 0 Å². The molecule has 1 aromatic carbocycles. The van der Waals surface area contributed by atoms with E-state index in [0.29, 0.717) is 13.2 Å². The number of methoxy groups -OCH3 is 1. The van der Waals surface area contributed by atoms with Crippen LogP contribution in [0.15, 0.2) is 24.3 Å². The average Bonchev–Trinajstić information content (AvgIpc) is 2.69. The largest absolute Gasteiger partial charge is 0.497 e. The van der Waals surface area contributed by atoms with Crippen LogP contribution in [-0.2, 0) is 20.6 Å². The highest BCUT2D eigenvalue weighted by molar-refractivity contribution is 6.73. The van der Waals surface area contributed by atoms with Crippen molar-refractivity contribution < 1.29 is 18.7 Å². The molecular formula is C21H36O4Si. The summed E-state index contributed by atoms with van der Waals surface area (Å²) in [4.78, 5) is 11.4. The summed E-state index contributed by atoms with van der Waals surface area (Å²) >= 11 is 0. The maximum Gasteiger partial charge on any atom is 0.192 e. The average molecular weight is 381 g/mol. The predicted molar refractivity (Wildman–Crippen MR) is 109 cm³/mol. The molecule has 0 aliphatic heterocycles. The second kappa shape index (κ2) is 11.5. The number of hydrogen-bond donors (Lipinski definition) is 0. The molecular weight excluding hydrogens is 344 g/mol. The van der Waals surface area contributed by atoms with Crippen molar-refractivity contribution in [2.24, 2.45) is 11.8 Å². The second-order valence-electron chi connectivity index (χ2n) is 7.16. The molecule has 0 fully saturated rings. The van der Waals surface area contributed by atoms with Gasteiger partial charge in [0.1, 0.15) is 12.0 Å². The normalized spacial score (nSPS) is 15.3. The van der Waals surface area contributed by atoms with Gasteiger partial charge in [0.2, 0.25) is 0 Å². The van der Waals surface area contributed by atoms with Crippen molar-refractivity contribution in [2.45, 2.75) is 65.5 Å². The van der Waals surface area contributed by atoms with Gasteiger partial charge < -0.3 is 18.7 Å². The third-order valence-corrected chi connectivity index (χ3v) is 10.1. The lowest BCUT2D eigenvalue weighted by Gasteiger charge is -2.37. The number of benzene rings is 1. The molecule has 148 valence electrons. The molecule has 0 aliphatic rings. The van der Waals surface area contributed by atoms with Gasteiger partial charge in [-0.15, -0.1) is 0 Å². The fraction of sp³-hybridized carbons (Fsp3) is 0.667. The molecule has 0 amide bonds. The molecule has 5 heteroatoms. The molecule has 0 saturated heterocycles. The van der Waals surface area contributed by atoms with E-state index in [0.717, 1.165) is 35.7 Å². The number of carbonyl (C=O) groups is 1. The van der Waals surface area contributed by atoms with Crippen LogP contribution in [0.25, 0.3) is 0 Å². The Labute approximate surface area is 160 Å². The zero-order valence-electron chi connectivity index (χ0n) is 17.3. The van der Waals surface area contributed by atoms with Gasteiger partial charge in [0, 0.05) is 11.8 Å². The van der Waals surface area contributed by atoms with Crippen LogP contribution in [0, 0.1) is 11.8 Å². The van der Waals surface area contributed by atoms with Gasteiger partial charge in [-0.2, -0.15) is 0 Å². The molecule has 0 heterocycles. The number of hydrogen-bond acceptors (Lipinski definition) is 4. The number of rotatable bonds is 13. The number of carbonyl (C=O) groups excluding carboxylic acids is 1. The quantitative estimate of drug-likeness (QED) is 0.354. The summed E-state index contributed by atoms with van der Waals surface area (Å²) in [6, 6.07) is 11.1. The first kappa shape index (κ1) is 22.9. The monoisotopic (exact) mass is 380 g/mol. The molecule has 4 nitrogen and oxygen atoms in total. The predicted octanol–water partition coefficient (Wildman–Crippen LogP) is 5.07. The van der Waals surface area contributed by atoms with Gasteiger partial charge in [-0.1, -0.05) is 46.8 Å². The zero-order valence-corrected chi connectivity index (χ0v) is 18.3. The van der Waals surface area contributed by atoms with E-state index in [1.807, 2.05) is 31.2 Å². The van der Waals surface area contributed by atoms with E-state index in [1.165, 1.54) is 0 Å². The zero-order chi connectivity index (χ0) is 19.6. The van der Waals surface area contributed by atoms with E-state index in [4.69, 9.17) is 13.9 Å². The van der Waals surface area contributed by atoms with Crippen LogP contribution >= 0.6 is 0 Å². The van der Waals surface area contributed by atoms with Gasteiger partial charge in [-0.25, -0.2) is 0 Å². The Morgan fingerprint density at radius 2 is 1.62 bits per heavy atom. The summed E-state index contributed by atoms with van der Waals surface area (Å²) in [5.41, 5.74) is 1.11. The highest BCUT2D eigenvalue weighted by atomic mass is 28.4.